The van der Waals surface area contributed by atoms with Gasteiger partial charge in [-0.3, -0.25) is 5.32 Å². The number of hydrogen-bond donors (Lipinski definition) is 2. The number of aromatic nitrogens is 1. The Balaban J connectivity index is 0.977. The molecule has 5 nitrogen and oxygen atoms in total. The molecule has 4 aliphatic rings. The Bertz CT molecular complexity index is 2860. The van der Waals surface area contributed by atoms with Crippen molar-refractivity contribution in [3.05, 3.63) is 191 Å². The van der Waals surface area contributed by atoms with Gasteiger partial charge in [0.15, 0.2) is 0 Å². The van der Waals surface area contributed by atoms with E-state index in [9.17, 15) is 0 Å². The molecule has 0 amide bonds. The first-order chi connectivity index (χ1) is 27.7. The maximum atomic E-state index is 6.60. The normalized spacial score (nSPS) is 20.5. The van der Waals surface area contributed by atoms with Gasteiger partial charge in [-0.05, 0) is 95.5 Å². The first kappa shape index (κ1) is 33.0. The summed E-state index contributed by atoms with van der Waals surface area (Å²) in [5.74, 6) is 1.92. The minimum Gasteiger partial charge on any atom is -0.460 e. The zero-order chi connectivity index (χ0) is 37.0. The molecule has 2 aromatic heterocycles. The zero-order valence-corrected chi connectivity index (χ0v) is 31.2. The predicted octanol–water partition coefficient (Wildman–Crippen LogP) is 12.0. The highest BCUT2D eigenvalue weighted by Gasteiger charge is 2.29. The standard InChI is InChI=1S/C51H42N4O/c1-4-14-33(15-5-1)49-52-50(34-16-6-2-7-17-34)54-51(53-49)41-23-13-25-47-48(41)43-32-38(27-29-46(43)56-47)36-19-12-18-35(30-36)37-26-28-45-42(31-37)40-22-10-11-24-44(40)55(45)39-20-8-3-9-21-39/h1,3-6,8-20,22-26,28,30-32,39,49-50,52H,2,7,21,27,29H2,(H,53,54). The summed E-state index contributed by atoms with van der Waals surface area (Å²) in [7, 11) is 0. The second-order valence-electron chi connectivity index (χ2n) is 15.3. The van der Waals surface area contributed by atoms with Crippen molar-refractivity contribution in [1.82, 2.24) is 15.2 Å². The van der Waals surface area contributed by atoms with Gasteiger partial charge in [-0.2, -0.15) is 0 Å². The van der Waals surface area contributed by atoms with Crippen molar-refractivity contribution >= 4 is 50.3 Å². The van der Waals surface area contributed by atoms with Crippen LogP contribution in [0, 0.1) is 0 Å². The van der Waals surface area contributed by atoms with Gasteiger partial charge in [0.05, 0.1) is 6.04 Å². The van der Waals surface area contributed by atoms with Crippen molar-refractivity contribution in [2.24, 2.45) is 4.99 Å². The van der Waals surface area contributed by atoms with Crippen molar-refractivity contribution in [3.63, 3.8) is 0 Å². The van der Waals surface area contributed by atoms with Crippen molar-refractivity contribution < 1.29 is 4.42 Å². The van der Waals surface area contributed by atoms with E-state index < -0.39 is 0 Å². The maximum absolute atomic E-state index is 6.60. The van der Waals surface area contributed by atoms with Crippen LogP contribution in [0.15, 0.2) is 173 Å². The van der Waals surface area contributed by atoms with Crippen molar-refractivity contribution in [2.75, 3.05) is 0 Å². The van der Waals surface area contributed by atoms with E-state index >= 15 is 0 Å². The van der Waals surface area contributed by atoms with Gasteiger partial charge in [0.1, 0.15) is 29.5 Å². The molecule has 0 saturated heterocycles. The number of aliphatic imine (C=N–C) groups is 1. The van der Waals surface area contributed by atoms with Gasteiger partial charge in [0.2, 0.25) is 0 Å². The topological polar surface area (TPSA) is 54.5 Å². The van der Waals surface area contributed by atoms with E-state index in [-0.39, 0.29) is 12.3 Å². The highest BCUT2D eigenvalue weighted by molar-refractivity contribution is 6.13. The summed E-state index contributed by atoms with van der Waals surface area (Å²) in [6.45, 7) is 0. The molecule has 2 N–H and O–H groups in total. The summed E-state index contributed by atoms with van der Waals surface area (Å²) in [5.41, 5.74) is 13.1. The van der Waals surface area contributed by atoms with Crippen LogP contribution in [-0.2, 0) is 6.42 Å². The van der Waals surface area contributed by atoms with Gasteiger partial charge in [-0.25, -0.2) is 4.99 Å². The zero-order valence-electron chi connectivity index (χ0n) is 31.2. The van der Waals surface area contributed by atoms with E-state index in [1.165, 1.54) is 55.2 Å². The molecule has 3 unspecified atom stereocenters. The fourth-order valence-corrected chi connectivity index (χ4v) is 9.20. The number of amidine groups is 1. The number of furan rings is 1. The Hall–Kier alpha value is -6.43. The molecular formula is C51H42N4O. The lowest BCUT2D eigenvalue weighted by molar-refractivity contribution is 0.434. The lowest BCUT2D eigenvalue weighted by atomic mass is 9.89. The summed E-state index contributed by atoms with van der Waals surface area (Å²) < 4.78 is 9.11. The number of benzene rings is 5. The van der Waals surface area contributed by atoms with Crippen molar-refractivity contribution in [2.45, 2.75) is 50.5 Å². The van der Waals surface area contributed by atoms with Crippen LogP contribution in [0.4, 0.5) is 0 Å². The molecule has 0 fully saturated rings. The predicted molar refractivity (Wildman–Crippen MR) is 231 cm³/mol. The molecule has 5 aromatic carbocycles. The molecule has 11 rings (SSSR count). The number of nitrogens with zero attached hydrogens (tertiary/aromatic N) is 2. The molecule has 56 heavy (non-hydrogen) atoms. The first-order valence-corrected chi connectivity index (χ1v) is 20.0. The molecule has 3 atom stereocenters. The van der Waals surface area contributed by atoms with E-state index in [4.69, 9.17) is 9.41 Å². The lowest BCUT2D eigenvalue weighted by Crippen LogP contribution is -2.49. The Morgan fingerprint density at radius 2 is 1.57 bits per heavy atom. The Morgan fingerprint density at radius 3 is 2.46 bits per heavy atom. The molecule has 3 heterocycles. The quantitative estimate of drug-likeness (QED) is 0.179. The van der Waals surface area contributed by atoms with Gasteiger partial charge in [0.25, 0.3) is 0 Å². The van der Waals surface area contributed by atoms with Crippen LogP contribution in [-0.4, -0.2) is 16.6 Å². The van der Waals surface area contributed by atoms with Crippen molar-refractivity contribution in [3.8, 4) is 11.1 Å². The first-order valence-electron chi connectivity index (χ1n) is 20.0. The Labute approximate surface area is 326 Å². The van der Waals surface area contributed by atoms with Gasteiger partial charge in [-0.15, -0.1) is 0 Å². The molecule has 0 bridgehead atoms. The molecule has 0 saturated carbocycles. The molecule has 0 spiro atoms. The largest absolute Gasteiger partial charge is 0.460 e. The third-order valence-corrected chi connectivity index (χ3v) is 11.9. The highest BCUT2D eigenvalue weighted by Crippen LogP contribution is 2.41. The number of allylic oxidation sites excluding steroid dienone is 7. The smallest absolute Gasteiger partial charge is 0.135 e. The molecule has 7 aromatic rings. The second kappa shape index (κ2) is 13.7. The Kier molecular flexibility index (Phi) is 8.06. The SMILES string of the molecule is C1=CCC(n2c3ccccc3c3cc(-c4cccc(C5=Cc6c(oc7cccc(C8=NC(C9=CCCC=C9)NC(c9ccccc9)N8)c67)CC5)c4)ccc32)C=C1. The third kappa shape index (κ3) is 5.70. The van der Waals surface area contributed by atoms with Gasteiger partial charge >= 0.3 is 0 Å². The van der Waals surface area contributed by atoms with Crippen LogP contribution in [0.3, 0.4) is 0 Å². The van der Waals surface area contributed by atoms with Crippen LogP contribution in [0.1, 0.15) is 65.9 Å². The van der Waals surface area contributed by atoms with Crippen molar-refractivity contribution in [1.29, 1.82) is 0 Å². The van der Waals surface area contributed by atoms with Crippen LogP contribution in [0.5, 0.6) is 0 Å². The van der Waals surface area contributed by atoms with Gasteiger partial charge < -0.3 is 14.3 Å². The fraction of sp³-hybridized carbons (Fsp3) is 0.157. The van der Waals surface area contributed by atoms with E-state index in [0.29, 0.717) is 6.04 Å². The number of rotatable bonds is 6. The van der Waals surface area contributed by atoms with E-state index in [0.717, 1.165) is 65.8 Å². The average Bonchev–Trinajstić information content (AvgIpc) is 3.82. The summed E-state index contributed by atoms with van der Waals surface area (Å²) >= 11 is 0. The monoisotopic (exact) mass is 726 g/mol. The number of hydrogen-bond acceptors (Lipinski definition) is 4. The molecule has 272 valence electrons. The van der Waals surface area contributed by atoms with E-state index in [1.807, 2.05) is 0 Å². The van der Waals surface area contributed by atoms with Crippen LogP contribution < -0.4 is 10.6 Å². The number of nitrogens with one attached hydrogen (secondary N) is 2. The molecular weight excluding hydrogens is 685 g/mol. The molecule has 5 heteroatoms. The lowest BCUT2D eigenvalue weighted by Gasteiger charge is -2.33. The average molecular weight is 727 g/mol. The van der Waals surface area contributed by atoms with Crippen LogP contribution in [0.2, 0.25) is 0 Å². The summed E-state index contributed by atoms with van der Waals surface area (Å²) in [6, 6.07) is 42.2. The van der Waals surface area contributed by atoms with Gasteiger partial charge in [0, 0.05) is 44.7 Å². The highest BCUT2D eigenvalue weighted by atomic mass is 16.3. The van der Waals surface area contributed by atoms with E-state index in [1.54, 1.807) is 0 Å². The van der Waals surface area contributed by atoms with E-state index in [2.05, 4.69) is 179 Å². The van der Waals surface area contributed by atoms with Crippen LogP contribution >= 0.6 is 0 Å². The third-order valence-electron chi connectivity index (χ3n) is 11.9. The minimum atomic E-state index is -0.156. The molecule has 1 aliphatic heterocycles. The minimum absolute atomic E-state index is 0.0891. The summed E-state index contributed by atoms with van der Waals surface area (Å²) in [6.07, 6.45) is 22.7. The molecule has 3 aliphatic carbocycles. The Morgan fingerprint density at radius 1 is 0.714 bits per heavy atom. The van der Waals surface area contributed by atoms with Crippen LogP contribution in [0.25, 0.3) is 55.6 Å². The fourth-order valence-electron chi connectivity index (χ4n) is 9.20. The number of para-hydroxylation sites is 1. The number of fused-ring (bicyclic) bond motifs is 6. The van der Waals surface area contributed by atoms with Gasteiger partial charge in [-0.1, -0.05) is 127 Å². The maximum Gasteiger partial charge on any atom is 0.135 e. The molecule has 0 radical (unpaired) electrons. The summed E-state index contributed by atoms with van der Waals surface area (Å²) in [4.78, 5) is 5.33. The summed E-state index contributed by atoms with van der Waals surface area (Å²) in [5, 5.41) is 11.3. The number of aryl methyl sites for hydroxylation is 1. The second-order valence-corrected chi connectivity index (χ2v) is 15.3.